The predicted octanol–water partition coefficient (Wildman–Crippen LogP) is 2.90. The van der Waals surface area contributed by atoms with Crippen molar-refractivity contribution in [2.75, 3.05) is 25.5 Å². The first kappa shape index (κ1) is 17.7. The molecule has 0 aromatic heterocycles. The number of carbonyl (C=O) groups excluding carboxylic acids is 2. The highest BCUT2D eigenvalue weighted by molar-refractivity contribution is 6.01. The third-order valence-electron chi connectivity index (χ3n) is 3.55. The van der Waals surface area contributed by atoms with Crippen LogP contribution in [0.4, 0.5) is 10.5 Å². The van der Waals surface area contributed by atoms with E-state index in [1.807, 2.05) is 48.3 Å². The lowest BCUT2D eigenvalue weighted by Gasteiger charge is -2.16. The zero-order valence-electron chi connectivity index (χ0n) is 13.9. The number of para-hydroxylation sites is 1. The van der Waals surface area contributed by atoms with Crippen molar-refractivity contribution in [3.05, 3.63) is 66.2 Å². The van der Waals surface area contributed by atoms with Crippen molar-refractivity contribution >= 4 is 17.6 Å². The summed E-state index contributed by atoms with van der Waals surface area (Å²) in [6, 6.07) is 18.8. The van der Waals surface area contributed by atoms with Gasteiger partial charge in [0, 0.05) is 5.69 Å². The fraction of sp³-hybridized carbons (Fsp3) is 0.263. The van der Waals surface area contributed by atoms with Gasteiger partial charge < -0.3 is 5.32 Å². The van der Waals surface area contributed by atoms with Crippen molar-refractivity contribution in [3.63, 3.8) is 0 Å². The number of carbonyl (C=O) groups is 2. The zero-order chi connectivity index (χ0) is 17.2. The summed E-state index contributed by atoms with van der Waals surface area (Å²) in [5.74, 6) is -0.314. The molecule has 0 fully saturated rings. The van der Waals surface area contributed by atoms with Gasteiger partial charge >= 0.3 is 6.03 Å². The number of nitrogens with one attached hydrogen (secondary N) is 2. The van der Waals surface area contributed by atoms with E-state index in [-0.39, 0.29) is 12.5 Å². The van der Waals surface area contributed by atoms with Gasteiger partial charge in [0.15, 0.2) is 0 Å². The van der Waals surface area contributed by atoms with Crippen molar-refractivity contribution in [1.82, 2.24) is 10.2 Å². The standard InChI is InChI=1S/C19H23N3O2/c1-22(14-8-11-16-9-4-2-5-10-16)15-18(23)21-19(24)20-17-12-6-3-7-13-17/h2-7,9-10,12-13H,8,11,14-15H2,1H3,(H2,20,21,23,24). The second-order valence-corrected chi connectivity index (χ2v) is 5.70. The summed E-state index contributed by atoms with van der Waals surface area (Å²) in [7, 11) is 1.87. The molecule has 0 aliphatic rings. The Hall–Kier alpha value is -2.66. The highest BCUT2D eigenvalue weighted by atomic mass is 16.2. The van der Waals surface area contributed by atoms with Crippen LogP contribution < -0.4 is 10.6 Å². The summed E-state index contributed by atoms with van der Waals surface area (Å²) in [4.78, 5) is 25.5. The molecule has 0 spiro atoms. The SMILES string of the molecule is CN(CCCc1ccccc1)CC(=O)NC(=O)Nc1ccccc1. The van der Waals surface area contributed by atoms with Crippen LogP contribution in [0.2, 0.25) is 0 Å². The Balaban J connectivity index is 1.65. The van der Waals surface area contributed by atoms with Gasteiger partial charge in [0.25, 0.3) is 0 Å². The van der Waals surface area contributed by atoms with Gasteiger partial charge in [0.2, 0.25) is 5.91 Å². The lowest BCUT2D eigenvalue weighted by molar-refractivity contribution is -0.120. The first-order valence-corrected chi connectivity index (χ1v) is 8.02. The van der Waals surface area contributed by atoms with Gasteiger partial charge in [-0.05, 0) is 44.1 Å². The van der Waals surface area contributed by atoms with E-state index in [1.165, 1.54) is 5.56 Å². The predicted molar refractivity (Wildman–Crippen MR) is 95.9 cm³/mol. The molecule has 0 aliphatic carbocycles. The molecule has 126 valence electrons. The second kappa shape index (κ2) is 9.47. The topological polar surface area (TPSA) is 61.4 Å². The number of amides is 3. The fourth-order valence-electron chi connectivity index (χ4n) is 2.37. The lowest BCUT2D eigenvalue weighted by Crippen LogP contribution is -2.40. The summed E-state index contributed by atoms with van der Waals surface area (Å²) in [6.45, 7) is 0.986. The molecule has 0 saturated heterocycles. The number of rotatable bonds is 7. The highest BCUT2D eigenvalue weighted by Gasteiger charge is 2.10. The fourth-order valence-corrected chi connectivity index (χ4v) is 2.37. The van der Waals surface area contributed by atoms with E-state index in [0.717, 1.165) is 19.4 Å². The van der Waals surface area contributed by atoms with E-state index in [0.29, 0.717) is 5.69 Å². The average molecular weight is 325 g/mol. The van der Waals surface area contributed by atoms with Crippen molar-refractivity contribution in [1.29, 1.82) is 0 Å². The molecule has 2 aromatic rings. The van der Waals surface area contributed by atoms with Crippen molar-refractivity contribution < 1.29 is 9.59 Å². The Morgan fingerprint density at radius 2 is 1.58 bits per heavy atom. The molecule has 3 amide bonds. The maximum Gasteiger partial charge on any atom is 0.325 e. The Labute approximate surface area is 142 Å². The van der Waals surface area contributed by atoms with Crippen LogP contribution in [0, 0.1) is 0 Å². The van der Waals surface area contributed by atoms with Gasteiger partial charge in [0.05, 0.1) is 6.54 Å². The van der Waals surface area contributed by atoms with Gasteiger partial charge in [-0.15, -0.1) is 0 Å². The second-order valence-electron chi connectivity index (χ2n) is 5.70. The molecule has 2 rings (SSSR count). The zero-order valence-corrected chi connectivity index (χ0v) is 13.9. The van der Waals surface area contributed by atoms with E-state index >= 15 is 0 Å². The van der Waals surface area contributed by atoms with Crippen LogP contribution in [0.1, 0.15) is 12.0 Å². The molecule has 24 heavy (non-hydrogen) atoms. The first-order valence-electron chi connectivity index (χ1n) is 8.02. The molecule has 0 atom stereocenters. The molecule has 5 heteroatoms. The Morgan fingerprint density at radius 3 is 2.25 bits per heavy atom. The smallest absolute Gasteiger partial charge is 0.308 e. The van der Waals surface area contributed by atoms with Crippen molar-refractivity contribution in [2.24, 2.45) is 0 Å². The van der Waals surface area contributed by atoms with Crippen LogP contribution in [0.15, 0.2) is 60.7 Å². The number of likely N-dealkylation sites (N-methyl/N-ethyl adjacent to an activating group) is 1. The van der Waals surface area contributed by atoms with E-state index in [2.05, 4.69) is 22.8 Å². The number of aryl methyl sites for hydroxylation is 1. The van der Waals surface area contributed by atoms with Crippen LogP contribution in [0.3, 0.4) is 0 Å². The van der Waals surface area contributed by atoms with Crippen LogP contribution in [0.5, 0.6) is 0 Å². The van der Waals surface area contributed by atoms with Gasteiger partial charge in [-0.3, -0.25) is 15.0 Å². The quantitative estimate of drug-likeness (QED) is 0.823. The van der Waals surface area contributed by atoms with Crippen molar-refractivity contribution in [2.45, 2.75) is 12.8 Å². The summed E-state index contributed by atoms with van der Waals surface area (Å²) in [6.07, 6.45) is 1.94. The minimum Gasteiger partial charge on any atom is -0.308 e. The third kappa shape index (κ3) is 6.62. The number of urea groups is 1. The number of anilines is 1. The summed E-state index contributed by atoms with van der Waals surface area (Å²) < 4.78 is 0. The molecular weight excluding hydrogens is 302 g/mol. The molecule has 2 N–H and O–H groups in total. The maximum absolute atomic E-state index is 11.9. The first-order chi connectivity index (χ1) is 11.6. The number of imide groups is 1. The largest absolute Gasteiger partial charge is 0.325 e. The van der Waals surface area contributed by atoms with Gasteiger partial charge in [-0.2, -0.15) is 0 Å². The van der Waals surface area contributed by atoms with Crippen LogP contribution in [0.25, 0.3) is 0 Å². The third-order valence-corrected chi connectivity index (χ3v) is 3.55. The molecular formula is C19H23N3O2. The minimum atomic E-state index is -0.510. The number of hydrogen-bond donors (Lipinski definition) is 2. The summed E-state index contributed by atoms with van der Waals surface area (Å²) in [5, 5.41) is 4.96. The number of hydrogen-bond acceptors (Lipinski definition) is 3. The Kier molecular flexibility index (Phi) is 6.98. The number of nitrogens with zero attached hydrogens (tertiary/aromatic N) is 1. The van der Waals surface area contributed by atoms with Gasteiger partial charge in [-0.25, -0.2) is 4.79 Å². The lowest BCUT2D eigenvalue weighted by atomic mass is 10.1. The monoisotopic (exact) mass is 325 g/mol. The minimum absolute atomic E-state index is 0.191. The molecule has 0 radical (unpaired) electrons. The van der Waals surface area contributed by atoms with Crippen molar-refractivity contribution in [3.8, 4) is 0 Å². The van der Waals surface area contributed by atoms with Crippen LogP contribution in [-0.2, 0) is 11.2 Å². The van der Waals surface area contributed by atoms with Gasteiger partial charge in [-0.1, -0.05) is 48.5 Å². The van der Waals surface area contributed by atoms with E-state index in [1.54, 1.807) is 12.1 Å². The van der Waals surface area contributed by atoms with E-state index in [4.69, 9.17) is 0 Å². The Bertz CT molecular complexity index is 644. The van der Waals surface area contributed by atoms with E-state index < -0.39 is 6.03 Å². The van der Waals surface area contributed by atoms with Gasteiger partial charge in [0.1, 0.15) is 0 Å². The van der Waals surface area contributed by atoms with Crippen LogP contribution in [-0.4, -0.2) is 37.0 Å². The summed E-state index contributed by atoms with van der Waals surface area (Å²) >= 11 is 0. The molecule has 5 nitrogen and oxygen atoms in total. The molecule has 0 saturated carbocycles. The maximum atomic E-state index is 11.9. The normalized spacial score (nSPS) is 10.4. The highest BCUT2D eigenvalue weighted by Crippen LogP contribution is 2.04. The summed E-state index contributed by atoms with van der Waals surface area (Å²) in [5.41, 5.74) is 1.94. The molecule has 0 unspecified atom stereocenters. The molecule has 0 heterocycles. The van der Waals surface area contributed by atoms with E-state index in [9.17, 15) is 9.59 Å². The molecule has 0 bridgehead atoms. The number of benzene rings is 2. The average Bonchev–Trinajstić information content (AvgIpc) is 2.56. The Morgan fingerprint density at radius 1 is 0.958 bits per heavy atom. The molecule has 2 aromatic carbocycles. The molecule has 0 aliphatic heterocycles. The van der Waals surface area contributed by atoms with Crippen LogP contribution >= 0.6 is 0 Å².